The van der Waals surface area contributed by atoms with Crippen LogP contribution < -0.4 is 0 Å². The number of hydrogen-bond acceptors (Lipinski definition) is 8. The molecule has 0 bridgehead atoms. The molecule has 0 aliphatic rings. The minimum Gasteiger partial charge on any atom is -0.468 e. The number of nitriles is 3. The van der Waals surface area contributed by atoms with Crippen LogP contribution in [0.4, 0.5) is 0 Å². The predicted molar refractivity (Wildman–Crippen MR) is 86.5 cm³/mol. The van der Waals surface area contributed by atoms with Crippen molar-refractivity contribution in [2.45, 2.75) is 46.5 Å². The van der Waals surface area contributed by atoms with Crippen molar-refractivity contribution in [3.05, 3.63) is 0 Å². The Kier molecular flexibility index (Phi) is 9.71. The zero-order valence-corrected chi connectivity index (χ0v) is 15.4. The Bertz CT molecular complexity index is 540. The average Bonchev–Trinajstić information content (AvgIpc) is 2.61. The summed E-state index contributed by atoms with van der Waals surface area (Å²) in [7, 11) is 1.09. The summed E-state index contributed by atoms with van der Waals surface area (Å²) in [5.74, 6) is -1.01. The molecule has 2 unspecified atom stereocenters. The van der Waals surface area contributed by atoms with E-state index in [9.17, 15) is 20.6 Å². The largest absolute Gasteiger partial charge is 0.468 e. The summed E-state index contributed by atoms with van der Waals surface area (Å²) in [6.45, 7) is 7.34. The molecule has 0 aliphatic heterocycles. The average molecular weight is 351 g/mol. The number of carbonyl (C=O) groups is 1. The summed E-state index contributed by atoms with van der Waals surface area (Å²) in [6, 6.07) is 5.49. The van der Waals surface area contributed by atoms with E-state index in [-0.39, 0.29) is 26.2 Å². The standard InChI is InChI=1S/C17H25N3O5/c1-6-23-13(4)17(11-19,12-20)16(10-18,15(21)22-5)9-14(24-7-2)25-8-3/h13-14H,6-9H2,1-5H3. The Morgan fingerprint density at radius 2 is 1.44 bits per heavy atom. The van der Waals surface area contributed by atoms with Gasteiger partial charge >= 0.3 is 5.97 Å². The number of esters is 1. The Hall–Kier alpha value is -2.18. The van der Waals surface area contributed by atoms with Crippen molar-refractivity contribution >= 4 is 5.97 Å². The zero-order chi connectivity index (χ0) is 19.5. The Morgan fingerprint density at radius 1 is 0.960 bits per heavy atom. The summed E-state index contributed by atoms with van der Waals surface area (Å²) < 4.78 is 21.0. The molecule has 0 amide bonds. The second-order valence-corrected chi connectivity index (χ2v) is 5.18. The molecule has 0 spiro atoms. The van der Waals surface area contributed by atoms with Crippen LogP contribution in [0.5, 0.6) is 0 Å². The van der Waals surface area contributed by atoms with Gasteiger partial charge in [-0.2, -0.15) is 15.8 Å². The van der Waals surface area contributed by atoms with E-state index in [4.69, 9.17) is 18.9 Å². The molecule has 0 heterocycles. The first-order chi connectivity index (χ1) is 11.9. The molecule has 0 rings (SSSR count). The topological polar surface area (TPSA) is 125 Å². The molecular formula is C17H25N3O5. The van der Waals surface area contributed by atoms with E-state index in [2.05, 4.69) is 0 Å². The van der Waals surface area contributed by atoms with Crippen LogP contribution in [0.25, 0.3) is 0 Å². The molecular weight excluding hydrogens is 326 g/mol. The lowest BCUT2D eigenvalue weighted by atomic mass is 9.60. The van der Waals surface area contributed by atoms with Gasteiger partial charge in [0.05, 0.1) is 31.4 Å². The molecule has 0 saturated heterocycles. The molecule has 0 aromatic heterocycles. The van der Waals surface area contributed by atoms with E-state index in [0.29, 0.717) is 0 Å². The Labute approximate surface area is 148 Å². The van der Waals surface area contributed by atoms with Gasteiger partial charge in [-0.15, -0.1) is 0 Å². The Balaban J connectivity index is 6.37. The minimum absolute atomic E-state index is 0.204. The van der Waals surface area contributed by atoms with Gasteiger partial charge in [-0.25, -0.2) is 0 Å². The van der Waals surface area contributed by atoms with Crippen LogP contribution in [0.1, 0.15) is 34.1 Å². The third kappa shape index (κ3) is 4.46. The van der Waals surface area contributed by atoms with Crippen LogP contribution in [0.2, 0.25) is 0 Å². The number of nitrogens with zero attached hydrogens (tertiary/aromatic N) is 3. The van der Waals surface area contributed by atoms with E-state index < -0.39 is 29.2 Å². The smallest absolute Gasteiger partial charge is 0.329 e. The summed E-state index contributed by atoms with van der Waals surface area (Å²) in [5, 5.41) is 29.4. The monoisotopic (exact) mass is 351 g/mol. The molecule has 0 aromatic carbocycles. The number of methoxy groups -OCH3 is 1. The lowest BCUT2D eigenvalue weighted by Crippen LogP contribution is -2.54. The number of ether oxygens (including phenoxy) is 4. The van der Waals surface area contributed by atoms with Gasteiger partial charge in [0.2, 0.25) is 0 Å². The maximum Gasteiger partial charge on any atom is 0.329 e. The zero-order valence-electron chi connectivity index (χ0n) is 15.4. The van der Waals surface area contributed by atoms with Gasteiger partial charge in [0.15, 0.2) is 17.1 Å². The molecule has 0 radical (unpaired) electrons. The highest BCUT2D eigenvalue weighted by Gasteiger charge is 2.64. The maximum absolute atomic E-state index is 12.6. The van der Waals surface area contributed by atoms with Crippen molar-refractivity contribution in [2.24, 2.45) is 10.8 Å². The van der Waals surface area contributed by atoms with Crippen molar-refractivity contribution < 1.29 is 23.7 Å². The van der Waals surface area contributed by atoms with Crippen LogP contribution in [-0.4, -0.2) is 45.3 Å². The first kappa shape index (κ1) is 22.8. The van der Waals surface area contributed by atoms with Crippen LogP contribution in [0.15, 0.2) is 0 Å². The van der Waals surface area contributed by atoms with Crippen molar-refractivity contribution in [2.75, 3.05) is 26.9 Å². The van der Waals surface area contributed by atoms with Crippen molar-refractivity contribution in [3.63, 3.8) is 0 Å². The van der Waals surface area contributed by atoms with E-state index in [1.54, 1.807) is 20.8 Å². The highest BCUT2D eigenvalue weighted by molar-refractivity contribution is 5.83. The fraction of sp³-hybridized carbons (Fsp3) is 0.765. The summed E-state index contributed by atoms with van der Waals surface area (Å²) in [6.07, 6.45) is -2.31. The predicted octanol–water partition coefficient (Wildman–Crippen LogP) is 1.92. The normalized spacial score (nSPS) is 14.7. The second kappa shape index (κ2) is 10.6. The van der Waals surface area contributed by atoms with E-state index >= 15 is 0 Å². The molecule has 138 valence electrons. The molecule has 0 fully saturated rings. The van der Waals surface area contributed by atoms with Gasteiger partial charge < -0.3 is 18.9 Å². The van der Waals surface area contributed by atoms with Crippen molar-refractivity contribution in [1.82, 2.24) is 0 Å². The van der Waals surface area contributed by atoms with E-state index in [1.165, 1.54) is 6.92 Å². The van der Waals surface area contributed by atoms with Gasteiger partial charge in [-0.1, -0.05) is 0 Å². The maximum atomic E-state index is 12.6. The fourth-order valence-electron chi connectivity index (χ4n) is 2.67. The van der Waals surface area contributed by atoms with Gasteiger partial charge in [0, 0.05) is 26.2 Å². The van der Waals surface area contributed by atoms with Crippen molar-refractivity contribution in [1.29, 1.82) is 15.8 Å². The van der Waals surface area contributed by atoms with Crippen LogP contribution in [0, 0.1) is 44.8 Å². The quantitative estimate of drug-likeness (QED) is 0.408. The first-order valence-corrected chi connectivity index (χ1v) is 8.06. The molecule has 0 aromatic rings. The van der Waals surface area contributed by atoms with Gasteiger partial charge in [-0.05, 0) is 27.7 Å². The van der Waals surface area contributed by atoms with Gasteiger partial charge in [-0.3, -0.25) is 4.79 Å². The summed E-state index contributed by atoms with van der Waals surface area (Å²) >= 11 is 0. The minimum atomic E-state index is -2.14. The molecule has 0 N–H and O–H groups in total. The van der Waals surface area contributed by atoms with E-state index in [1.807, 2.05) is 18.2 Å². The van der Waals surface area contributed by atoms with Gasteiger partial charge in [0.25, 0.3) is 0 Å². The molecule has 25 heavy (non-hydrogen) atoms. The molecule has 8 heteroatoms. The van der Waals surface area contributed by atoms with Crippen LogP contribution >= 0.6 is 0 Å². The highest BCUT2D eigenvalue weighted by atomic mass is 16.7. The Morgan fingerprint density at radius 3 is 1.76 bits per heavy atom. The molecule has 0 aliphatic carbocycles. The fourth-order valence-corrected chi connectivity index (χ4v) is 2.67. The molecule has 2 atom stereocenters. The first-order valence-electron chi connectivity index (χ1n) is 8.06. The summed E-state index contributed by atoms with van der Waals surface area (Å²) in [4.78, 5) is 12.6. The second-order valence-electron chi connectivity index (χ2n) is 5.18. The van der Waals surface area contributed by atoms with Crippen LogP contribution in [-0.2, 0) is 23.7 Å². The van der Waals surface area contributed by atoms with Gasteiger partial charge in [0.1, 0.15) is 0 Å². The molecule has 0 saturated carbocycles. The highest BCUT2D eigenvalue weighted by Crippen LogP contribution is 2.47. The molecule has 8 nitrogen and oxygen atoms in total. The number of hydrogen-bond donors (Lipinski definition) is 0. The summed E-state index contributed by atoms with van der Waals surface area (Å²) in [5.41, 5.74) is -4.24. The third-order valence-electron chi connectivity index (χ3n) is 3.96. The number of rotatable bonds is 11. The lowest BCUT2D eigenvalue weighted by Gasteiger charge is -2.39. The number of carbonyl (C=O) groups excluding carboxylic acids is 1. The SMILES string of the molecule is CCOC(CC(C#N)(C(=O)OC)C(C#N)(C#N)C(C)OCC)OCC. The lowest BCUT2D eigenvalue weighted by molar-refractivity contribution is -0.182. The van der Waals surface area contributed by atoms with Crippen LogP contribution in [0.3, 0.4) is 0 Å². The van der Waals surface area contributed by atoms with Crippen molar-refractivity contribution in [3.8, 4) is 18.2 Å². The third-order valence-corrected chi connectivity index (χ3v) is 3.96. The van der Waals surface area contributed by atoms with E-state index in [0.717, 1.165) is 7.11 Å².